The molecule has 0 saturated carbocycles. The highest BCUT2D eigenvalue weighted by Crippen LogP contribution is 2.21. The Morgan fingerprint density at radius 3 is 3.06 bits per heavy atom. The first-order chi connectivity index (χ1) is 8.18. The second kappa shape index (κ2) is 5.96. The summed E-state index contributed by atoms with van der Waals surface area (Å²) in [7, 11) is 0. The Morgan fingerprint density at radius 1 is 1.53 bits per heavy atom. The number of hydrogen-bond acceptors (Lipinski definition) is 2. The molecule has 1 atom stereocenters. The van der Waals surface area contributed by atoms with E-state index in [2.05, 4.69) is 22.6 Å². The van der Waals surface area contributed by atoms with Gasteiger partial charge in [-0.1, -0.05) is 18.2 Å². The van der Waals surface area contributed by atoms with Crippen molar-refractivity contribution < 1.29 is 9.53 Å². The van der Waals surface area contributed by atoms with Crippen LogP contribution in [-0.4, -0.2) is 18.5 Å². The number of hydrogen-bond donors (Lipinski definition) is 0. The molecule has 1 aromatic rings. The summed E-state index contributed by atoms with van der Waals surface area (Å²) in [5.74, 6) is 0.244. The molecule has 2 nitrogen and oxygen atoms in total. The maximum Gasteiger partial charge on any atom is 0.164 e. The highest BCUT2D eigenvalue weighted by molar-refractivity contribution is 14.1. The van der Waals surface area contributed by atoms with E-state index in [9.17, 15) is 4.79 Å². The Morgan fingerprint density at radius 2 is 2.35 bits per heavy atom. The summed E-state index contributed by atoms with van der Waals surface area (Å²) >= 11 is 2.26. The molecule has 0 radical (unpaired) electrons. The van der Waals surface area contributed by atoms with Gasteiger partial charge < -0.3 is 4.74 Å². The maximum atomic E-state index is 12.1. The van der Waals surface area contributed by atoms with Gasteiger partial charge in [-0.25, -0.2) is 0 Å². The number of benzene rings is 1. The first-order valence-electron chi connectivity index (χ1n) is 6.08. The minimum Gasteiger partial charge on any atom is -0.378 e. The molecular weight excluding hydrogens is 327 g/mol. The number of ketones is 1. The predicted molar refractivity (Wildman–Crippen MR) is 76.4 cm³/mol. The SMILES string of the molecule is Cc1cccc(C(=O)CCC2CCCO2)c1I. The number of Topliss-reactive ketones (excluding diaryl/α,β-unsaturated/α-hetero) is 1. The van der Waals surface area contributed by atoms with Crippen molar-refractivity contribution in [2.24, 2.45) is 0 Å². The molecule has 1 aromatic carbocycles. The van der Waals surface area contributed by atoms with Gasteiger partial charge >= 0.3 is 0 Å². The van der Waals surface area contributed by atoms with E-state index in [1.54, 1.807) is 0 Å². The molecule has 0 spiro atoms. The van der Waals surface area contributed by atoms with Gasteiger partial charge in [0.1, 0.15) is 0 Å². The van der Waals surface area contributed by atoms with Gasteiger partial charge in [-0.15, -0.1) is 0 Å². The van der Waals surface area contributed by atoms with Crippen molar-refractivity contribution in [1.82, 2.24) is 0 Å². The van der Waals surface area contributed by atoms with Crippen LogP contribution in [0.3, 0.4) is 0 Å². The zero-order valence-electron chi connectivity index (χ0n) is 10.0. The number of carbonyl (C=O) groups is 1. The quantitative estimate of drug-likeness (QED) is 0.614. The van der Waals surface area contributed by atoms with E-state index in [4.69, 9.17) is 4.74 Å². The van der Waals surface area contributed by atoms with Crippen molar-refractivity contribution in [2.45, 2.75) is 38.7 Å². The summed E-state index contributed by atoms with van der Waals surface area (Å²) in [6.07, 6.45) is 4.02. The van der Waals surface area contributed by atoms with Crippen molar-refractivity contribution in [2.75, 3.05) is 6.61 Å². The Hall–Kier alpha value is -0.420. The van der Waals surface area contributed by atoms with E-state index in [1.165, 1.54) is 5.56 Å². The van der Waals surface area contributed by atoms with E-state index in [0.29, 0.717) is 12.5 Å². The Balaban J connectivity index is 1.97. The highest BCUT2D eigenvalue weighted by Gasteiger charge is 2.18. The molecule has 1 heterocycles. The van der Waals surface area contributed by atoms with Gasteiger partial charge in [0, 0.05) is 22.2 Å². The largest absolute Gasteiger partial charge is 0.378 e. The van der Waals surface area contributed by atoms with Crippen LogP contribution >= 0.6 is 22.6 Å². The van der Waals surface area contributed by atoms with Crippen molar-refractivity contribution in [1.29, 1.82) is 0 Å². The van der Waals surface area contributed by atoms with Crippen LogP contribution in [0.5, 0.6) is 0 Å². The second-order valence-corrected chi connectivity index (χ2v) is 5.61. The minimum absolute atomic E-state index is 0.244. The van der Waals surface area contributed by atoms with Gasteiger partial charge in [0.2, 0.25) is 0 Å². The monoisotopic (exact) mass is 344 g/mol. The summed E-state index contributed by atoms with van der Waals surface area (Å²) in [4.78, 5) is 12.1. The molecule has 1 fully saturated rings. The summed E-state index contributed by atoms with van der Waals surface area (Å²) in [6, 6.07) is 5.92. The third-order valence-corrected chi connectivity index (χ3v) is 4.64. The lowest BCUT2D eigenvalue weighted by Crippen LogP contribution is -2.10. The summed E-state index contributed by atoms with van der Waals surface area (Å²) in [6.45, 7) is 2.90. The topological polar surface area (TPSA) is 26.3 Å². The van der Waals surface area contributed by atoms with Gasteiger partial charge in [-0.2, -0.15) is 0 Å². The first kappa shape index (κ1) is 13.0. The number of rotatable bonds is 4. The number of halogens is 1. The number of ether oxygens (including phenoxy) is 1. The van der Waals surface area contributed by atoms with Crippen LogP contribution in [0.1, 0.15) is 41.6 Å². The fraction of sp³-hybridized carbons (Fsp3) is 0.500. The lowest BCUT2D eigenvalue weighted by molar-refractivity contribution is 0.0858. The van der Waals surface area contributed by atoms with Gasteiger partial charge in [0.25, 0.3) is 0 Å². The molecule has 0 N–H and O–H groups in total. The normalized spacial score (nSPS) is 19.5. The lowest BCUT2D eigenvalue weighted by atomic mass is 10.0. The molecule has 3 heteroatoms. The highest BCUT2D eigenvalue weighted by atomic mass is 127. The van der Waals surface area contributed by atoms with Gasteiger partial charge in [0.05, 0.1) is 6.10 Å². The zero-order valence-corrected chi connectivity index (χ0v) is 12.2. The van der Waals surface area contributed by atoms with Crippen LogP contribution in [0.25, 0.3) is 0 Å². The number of carbonyl (C=O) groups excluding carboxylic acids is 1. The smallest absolute Gasteiger partial charge is 0.164 e. The lowest BCUT2D eigenvalue weighted by Gasteiger charge is -2.09. The van der Waals surface area contributed by atoms with Crippen molar-refractivity contribution in [3.05, 3.63) is 32.9 Å². The summed E-state index contributed by atoms with van der Waals surface area (Å²) in [5.41, 5.74) is 2.04. The molecular formula is C14H17IO2. The van der Waals surface area contributed by atoms with E-state index in [1.807, 2.05) is 25.1 Å². The molecule has 0 bridgehead atoms. The van der Waals surface area contributed by atoms with Crippen LogP contribution in [-0.2, 0) is 4.74 Å². The molecule has 1 unspecified atom stereocenters. The molecule has 0 amide bonds. The molecule has 1 saturated heterocycles. The average Bonchev–Trinajstić information content (AvgIpc) is 2.82. The van der Waals surface area contributed by atoms with E-state index in [0.717, 1.165) is 35.0 Å². The van der Waals surface area contributed by atoms with Crippen LogP contribution in [0, 0.1) is 10.5 Å². The molecule has 0 aromatic heterocycles. The minimum atomic E-state index is 0.244. The molecule has 17 heavy (non-hydrogen) atoms. The van der Waals surface area contributed by atoms with Crippen molar-refractivity contribution in [3.8, 4) is 0 Å². The third kappa shape index (κ3) is 3.28. The van der Waals surface area contributed by atoms with Crippen LogP contribution < -0.4 is 0 Å². The van der Waals surface area contributed by atoms with E-state index >= 15 is 0 Å². The Bertz CT molecular complexity index is 409. The first-order valence-corrected chi connectivity index (χ1v) is 7.16. The van der Waals surface area contributed by atoms with Crippen molar-refractivity contribution >= 4 is 28.4 Å². The summed E-state index contributed by atoms with van der Waals surface area (Å²) in [5, 5.41) is 0. The average molecular weight is 344 g/mol. The van der Waals surface area contributed by atoms with Crippen LogP contribution in [0.2, 0.25) is 0 Å². The van der Waals surface area contributed by atoms with E-state index in [-0.39, 0.29) is 5.78 Å². The van der Waals surface area contributed by atoms with Gasteiger partial charge in [-0.3, -0.25) is 4.79 Å². The molecule has 2 rings (SSSR count). The van der Waals surface area contributed by atoms with Crippen molar-refractivity contribution in [3.63, 3.8) is 0 Å². The summed E-state index contributed by atoms with van der Waals surface area (Å²) < 4.78 is 6.62. The van der Waals surface area contributed by atoms with Crippen LogP contribution in [0.4, 0.5) is 0 Å². The van der Waals surface area contributed by atoms with Gasteiger partial charge in [0.15, 0.2) is 5.78 Å². The van der Waals surface area contributed by atoms with Gasteiger partial charge in [-0.05, 0) is 54.3 Å². The number of aryl methyl sites for hydroxylation is 1. The molecule has 92 valence electrons. The fourth-order valence-electron chi connectivity index (χ4n) is 2.16. The molecule has 1 aliphatic rings. The second-order valence-electron chi connectivity index (χ2n) is 4.53. The standard InChI is InChI=1S/C14H17IO2/c1-10-4-2-6-12(14(10)15)13(16)8-7-11-5-3-9-17-11/h2,4,6,11H,3,5,7-9H2,1H3. The predicted octanol–water partition coefficient (Wildman–Crippen LogP) is 3.74. The third-order valence-electron chi connectivity index (χ3n) is 3.21. The van der Waals surface area contributed by atoms with E-state index < -0.39 is 0 Å². The maximum absolute atomic E-state index is 12.1. The Kier molecular flexibility index (Phi) is 4.56. The molecule has 0 aliphatic carbocycles. The Labute approximate surface area is 116 Å². The fourth-order valence-corrected chi connectivity index (χ4v) is 2.82. The van der Waals surface area contributed by atoms with Crippen LogP contribution in [0.15, 0.2) is 18.2 Å². The molecule has 1 aliphatic heterocycles. The zero-order chi connectivity index (χ0) is 12.3.